The predicted octanol–water partition coefficient (Wildman–Crippen LogP) is 0.588. The number of hydrogen-bond acceptors (Lipinski definition) is 2. The maximum Gasteiger partial charge on any atom is 0.328 e. The molecule has 14 heavy (non-hydrogen) atoms. The van der Waals surface area contributed by atoms with Crippen LogP contribution in [0.15, 0.2) is 9.59 Å². The molecule has 1 heterocycles. The van der Waals surface area contributed by atoms with Gasteiger partial charge in [0.1, 0.15) is 0 Å². The van der Waals surface area contributed by atoms with Crippen LogP contribution in [0.25, 0.3) is 0 Å². The normalized spacial score (nSPS) is 10.5. The monoisotopic (exact) mass is 196 g/mol. The second-order valence-electron chi connectivity index (χ2n) is 3.35. The first-order valence-corrected chi connectivity index (χ1v) is 4.92. The second-order valence-corrected chi connectivity index (χ2v) is 3.35. The summed E-state index contributed by atoms with van der Waals surface area (Å²) in [6, 6.07) is 0. The summed E-state index contributed by atoms with van der Waals surface area (Å²) in [5.74, 6) is 0. The van der Waals surface area contributed by atoms with Crippen molar-refractivity contribution in [2.45, 2.75) is 33.1 Å². The molecule has 0 spiro atoms. The quantitative estimate of drug-likeness (QED) is 0.769. The summed E-state index contributed by atoms with van der Waals surface area (Å²) < 4.78 is 1.12. The van der Waals surface area contributed by atoms with Crippen LogP contribution in [0.2, 0.25) is 0 Å². The van der Waals surface area contributed by atoms with Crippen molar-refractivity contribution in [2.75, 3.05) is 0 Å². The van der Waals surface area contributed by atoms with Gasteiger partial charge in [0.15, 0.2) is 0 Å². The van der Waals surface area contributed by atoms with Crippen LogP contribution in [0.3, 0.4) is 0 Å². The number of H-pyrrole nitrogens is 1. The fourth-order valence-corrected chi connectivity index (χ4v) is 1.54. The fourth-order valence-electron chi connectivity index (χ4n) is 1.54. The number of rotatable bonds is 3. The molecule has 0 aliphatic carbocycles. The zero-order valence-electron chi connectivity index (χ0n) is 8.89. The largest absolute Gasteiger partial charge is 0.328 e. The summed E-state index contributed by atoms with van der Waals surface area (Å²) in [6.45, 7) is 3.95. The van der Waals surface area contributed by atoms with Gasteiger partial charge in [-0.1, -0.05) is 20.3 Å². The third kappa shape index (κ3) is 1.78. The first-order valence-electron chi connectivity index (χ1n) is 4.92. The molecule has 0 amide bonds. The van der Waals surface area contributed by atoms with E-state index in [-0.39, 0.29) is 11.2 Å². The molecule has 1 rings (SSSR count). The van der Waals surface area contributed by atoms with E-state index in [1.807, 2.05) is 13.8 Å². The molecule has 1 aromatic heterocycles. The van der Waals surface area contributed by atoms with Gasteiger partial charge in [-0.15, -0.1) is 0 Å². The van der Waals surface area contributed by atoms with E-state index in [2.05, 4.69) is 4.98 Å². The molecule has 0 fully saturated rings. The fraction of sp³-hybridized carbons (Fsp3) is 0.600. The summed E-state index contributed by atoms with van der Waals surface area (Å²) in [6.07, 6.45) is 2.35. The third-order valence-corrected chi connectivity index (χ3v) is 2.34. The van der Waals surface area contributed by atoms with Crippen LogP contribution in [0, 0.1) is 0 Å². The van der Waals surface area contributed by atoms with Crippen LogP contribution in [0.1, 0.15) is 31.5 Å². The van der Waals surface area contributed by atoms with Crippen molar-refractivity contribution < 1.29 is 0 Å². The van der Waals surface area contributed by atoms with Crippen molar-refractivity contribution in [3.8, 4) is 0 Å². The minimum Gasteiger partial charge on any atom is -0.311 e. The molecule has 78 valence electrons. The van der Waals surface area contributed by atoms with E-state index >= 15 is 0 Å². The lowest BCUT2D eigenvalue weighted by molar-refractivity contribution is 0.718. The van der Waals surface area contributed by atoms with E-state index in [1.54, 1.807) is 0 Å². The Bertz CT molecular complexity index is 429. The van der Waals surface area contributed by atoms with Gasteiger partial charge in [-0.05, 0) is 12.8 Å². The van der Waals surface area contributed by atoms with Gasteiger partial charge in [0, 0.05) is 18.3 Å². The molecule has 4 nitrogen and oxygen atoms in total. The van der Waals surface area contributed by atoms with Crippen LogP contribution in [0.4, 0.5) is 0 Å². The summed E-state index contributed by atoms with van der Waals surface area (Å²) in [5, 5.41) is 0. The number of aromatic nitrogens is 2. The number of hydrogen-bond donors (Lipinski definition) is 1. The highest BCUT2D eigenvalue weighted by atomic mass is 16.2. The first-order chi connectivity index (χ1) is 6.61. The maximum atomic E-state index is 11.7. The lowest BCUT2D eigenvalue weighted by Gasteiger charge is -2.07. The molecule has 0 aliphatic rings. The average molecular weight is 196 g/mol. The van der Waals surface area contributed by atoms with Crippen LogP contribution in [-0.4, -0.2) is 9.55 Å². The molecular weight excluding hydrogens is 180 g/mol. The highest BCUT2D eigenvalue weighted by molar-refractivity contribution is 5.16. The number of aryl methyl sites for hydroxylation is 1. The summed E-state index contributed by atoms with van der Waals surface area (Å²) in [5.41, 5.74) is 1.03. The molecular formula is C10H16N2O2. The van der Waals surface area contributed by atoms with Gasteiger partial charge >= 0.3 is 5.69 Å². The van der Waals surface area contributed by atoms with E-state index in [0.717, 1.165) is 28.7 Å². The Hall–Kier alpha value is -1.32. The van der Waals surface area contributed by atoms with Gasteiger partial charge in [-0.25, -0.2) is 4.79 Å². The highest BCUT2D eigenvalue weighted by Crippen LogP contribution is 2.01. The van der Waals surface area contributed by atoms with Crippen molar-refractivity contribution in [1.82, 2.24) is 9.55 Å². The van der Waals surface area contributed by atoms with E-state index in [0.29, 0.717) is 6.42 Å². The van der Waals surface area contributed by atoms with Crippen LogP contribution < -0.4 is 11.2 Å². The minimum atomic E-state index is -0.323. The Morgan fingerprint density at radius 1 is 1.29 bits per heavy atom. The molecule has 4 heteroatoms. The molecule has 1 aromatic rings. The summed E-state index contributed by atoms with van der Waals surface area (Å²) in [7, 11) is 1.50. The Balaban J connectivity index is 3.44. The lowest BCUT2D eigenvalue weighted by atomic mass is 10.1. The second kappa shape index (κ2) is 4.26. The van der Waals surface area contributed by atoms with Crippen molar-refractivity contribution in [1.29, 1.82) is 0 Å². The highest BCUT2D eigenvalue weighted by Gasteiger charge is 2.08. The minimum absolute atomic E-state index is 0.167. The molecule has 0 bridgehead atoms. The SMILES string of the molecule is CCCc1[nH]c(=O)n(C)c(=O)c1CC. The zero-order chi connectivity index (χ0) is 10.7. The van der Waals surface area contributed by atoms with Gasteiger partial charge in [0.25, 0.3) is 5.56 Å². The van der Waals surface area contributed by atoms with E-state index in [9.17, 15) is 9.59 Å². The molecule has 0 radical (unpaired) electrons. The molecule has 0 saturated heterocycles. The summed E-state index contributed by atoms with van der Waals surface area (Å²) >= 11 is 0. The van der Waals surface area contributed by atoms with Crippen molar-refractivity contribution in [3.05, 3.63) is 32.1 Å². The Labute approximate surface area is 82.6 Å². The Morgan fingerprint density at radius 2 is 1.93 bits per heavy atom. The van der Waals surface area contributed by atoms with E-state index in [4.69, 9.17) is 0 Å². The number of nitrogens with zero attached hydrogens (tertiary/aromatic N) is 1. The van der Waals surface area contributed by atoms with E-state index < -0.39 is 0 Å². The molecule has 0 atom stereocenters. The van der Waals surface area contributed by atoms with Gasteiger partial charge in [0.2, 0.25) is 0 Å². The van der Waals surface area contributed by atoms with Gasteiger partial charge < -0.3 is 4.98 Å². The molecule has 0 aliphatic heterocycles. The number of nitrogens with one attached hydrogen (secondary N) is 1. The Morgan fingerprint density at radius 3 is 2.43 bits per heavy atom. The van der Waals surface area contributed by atoms with Crippen LogP contribution >= 0.6 is 0 Å². The smallest absolute Gasteiger partial charge is 0.311 e. The van der Waals surface area contributed by atoms with Crippen molar-refractivity contribution in [3.63, 3.8) is 0 Å². The first kappa shape index (κ1) is 10.8. The van der Waals surface area contributed by atoms with E-state index in [1.165, 1.54) is 7.05 Å². The molecule has 0 unspecified atom stereocenters. The standard InChI is InChI=1S/C10H16N2O2/c1-4-6-8-7(5-2)9(13)12(3)10(14)11-8/h4-6H2,1-3H3,(H,11,14). The average Bonchev–Trinajstić information content (AvgIpc) is 2.16. The van der Waals surface area contributed by atoms with Gasteiger partial charge in [-0.3, -0.25) is 9.36 Å². The molecule has 1 N–H and O–H groups in total. The predicted molar refractivity (Wildman–Crippen MR) is 55.7 cm³/mol. The molecule has 0 aromatic carbocycles. The Kier molecular flexibility index (Phi) is 3.28. The maximum absolute atomic E-state index is 11.7. The van der Waals surface area contributed by atoms with Gasteiger partial charge in [0.05, 0.1) is 0 Å². The summed E-state index contributed by atoms with van der Waals surface area (Å²) in [4.78, 5) is 25.7. The zero-order valence-corrected chi connectivity index (χ0v) is 8.89. The number of aromatic amines is 1. The topological polar surface area (TPSA) is 54.9 Å². The van der Waals surface area contributed by atoms with Gasteiger partial charge in [-0.2, -0.15) is 0 Å². The molecule has 0 saturated carbocycles. The van der Waals surface area contributed by atoms with Crippen LogP contribution in [-0.2, 0) is 19.9 Å². The van der Waals surface area contributed by atoms with Crippen LogP contribution in [0.5, 0.6) is 0 Å². The third-order valence-electron chi connectivity index (χ3n) is 2.34. The van der Waals surface area contributed by atoms with Crippen molar-refractivity contribution >= 4 is 0 Å². The lowest BCUT2D eigenvalue weighted by Crippen LogP contribution is -2.36. The van der Waals surface area contributed by atoms with Crippen molar-refractivity contribution in [2.24, 2.45) is 7.05 Å².